The standard InChI is InChI=1S/C17H16N4O2/c1-12-16(21-9-5-3-6-14(21)19-12)17(22)20-10-13(11-20)23-15-7-2-4-8-18-15/h2-9,13H,10-11H2,1H3. The molecule has 6 heteroatoms. The number of carbonyl (C=O) groups is 1. The number of amides is 1. The van der Waals surface area contributed by atoms with E-state index in [0.717, 1.165) is 11.3 Å². The van der Waals surface area contributed by atoms with E-state index in [1.54, 1.807) is 11.1 Å². The zero-order valence-electron chi connectivity index (χ0n) is 12.7. The van der Waals surface area contributed by atoms with Crippen molar-refractivity contribution in [3.63, 3.8) is 0 Å². The van der Waals surface area contributed by atoms with Crippen LogP contribution in [0.1, 0.15) is 16.2 Å². The molecule has 0 spiro atoms. The molecule has 4 rings (SSSR count). The molecule has 0 N–H and O–H groups in total. The molecule has 0 aliphatic carbocycles. The van der Waals surface area contributed by atoms with Gasteiger partial charge >= 0.3 is 0 Å². The van der Waals surface area contributed by atoms with Gasteiger partial charge in [0.25, 0.3) is 5.91 Å². The molecule has 0 bridgehead atoms. The topological polar surface area (TPSA) is 59.7 Å². The van der Waals surface area contributed by atoms with Gasteiger partial charge in [-0.05, 0) is 25.1 Å². The van der Waals surface area contributed by atoms with Crippen LogP contribution in [0.3, 0.4) is 0 Å². The molecule has 0 atom stereocenters. The minimum Gasteiger partial charge on any atom is -0.471 e. The average Bonchev–Trinajstić information content (AvgIpc) is 2.86. The molecule has 1 aliphatic rings. The molecule has 1 fully saturated rings. The van der Waals surface area contributed by atoms with Crippen molar-refractivity contribution in [2.45, 2.75) is 13.0 Å². The SMILES string of the molecule is Cc1nc2ccccn2c1C(=O)N1CC(Oc2ccccn2)C1. The predicted octanol–water partition coefficient (Wildman–Crippen LogP) is 1.94. The summed E-state index contributed by atoms with van der Waals surface area (Å²) in [5.41, 5.74) is 2.15. The summed E-state index contributed by atoms with van der Waals surface area (Å²) in [6, 6.07) is 11.2. The minimum absolute atomic E-state index is 0.00617. The molecule has 1 amide bonds. The maximum absolute atomic E-state index is 12.7. The van der Waals surface area contributed by atoms with Gasteiger partial charge in [-0.25, -0.2) is 9.97 Å². The first-order valence-electron chi connectivity index (χ1n) is 7.53. The number of hydrogen-bond donors (Lipinski definition) is 0. The van der Waals surface area contributed by atoms with Crippen molar-refractivity contribution in [2.24, 2.45) is 0 Å². The van der Waals surface area contributed by atoms with Crippen LogP contribution in [0.4, 0.5) is 0 Å². The van der Waals surface area contributed by atoms with Gasteiger partial charge in [-0.1, -0.05) is 12.1 Å². The second kappa shape index (κ2) is 5.39. The normalized spacial score (nSPS) is 14.7. The highest BCUT2D eigenvalue weighted by molar-refractivity contribution is 5.95. The lowest BCUT2D eigenvalue weighted by atomic mass is 10.1. The van der Waals surface area contributed by atoms with Crippen molar-refractivity contribution in [1.82, 2.24) is 19.3 Å². The molecule has 0 unspecified atom stereocenters. The summed E-state index contributed by atoms with van der Waals surface area (Å²) < 4.78 is 7.58. The van der Waals surface area contributed by atoms with Crippen LogP contribution in [0.15, 0.2) is 48.8 Å². The van der Waals surface area contributed by atoms with Crippen LogP contribution in [0, 0.1) is 6.92 Å². The first-order chi connectivity index (χ1) is 11.2. The Kier molecular flexibility index (Phi) is 3.22. The fraction of sp³-hybridized carbons (Fsp3) is 0.235. The lowest BCUT2D eigenvalue weighted by Crippen LogP contribution is -2.56. The highest BCUT2D eigenvalue weighted by atomic mass is 16.5. The van der Waals surface area contributed by atoms with E-state index in [1.165, 1.54) is 0 Å². The second-order valence-electron chi connectivity index (χ2n) is 5.59. The van der Waals surface area contributed by atoms with Gasteiger partial charge in [-0.2, -0.15) is 0 Å². The van der Waals surface area contributed by atoms with Crippen molar-refractivity contribution in [2.75, 3.05) is 13.1 Å². The van der Waals surface area contributed by atoms with E-state index in [9.17, 15) is 4.79 Å². The quantitative estimate of drug-likeness (QED) is 0.742. The molecule has 23 heavy (non-hydrogen) atoms. The molecule has 116 valence electrons. The second-order valence-corrected chi connectivity index (χ2v) is 5.59. The van der Waals surface area contributed by atoms with Crippen molar-refractivity contribution in [1.29, 1.82) is 0 Å². The van der Waals surface area contributed by atoms with E-state index in [-0.39, 0.29) is 12.0 Å². The number of aryl methyl sites for hydroxylation is 1. The van der Waals surface area contributed by atoms with Gasteiger partial charge in [0.05, 0.1) is 18.8 Å². The number of rotatable bonds is 3. The first kappa shape index (κ1) is 13.8. The van der Waals surface area contributed by atoms with E-state index < -0.39 is 0 Å². The van der Waals surface area contributed by atoms with Gasteiger partial charge in [0, 0.05) is 18.5 Å². The maximum Gasteiger partial charge on any atom is 0.273 e. The maximum atomic E-state index is 12.7. The van der Waals surface area contributed by atoms with Crippen LogP contribution < -0.4 is 4.74 Å². The first-order valence-corrected chi connectivity index (χ1v) is 7.53. The van der Waals surface area contributed by atoms with Gasteiger partial charge in [0.1, 0.15) is 17.4 Å². The third-order valence-corrected chi connectivity index (χ3v) is 3.97. The lowest BCUT2D eigenvalue weighted by Gasteiger charge is -2.38. The van der Waals surface area contributed by atoms with Crippen molar-refractivity contribution in [3.8, 4) is 5.88 Å². The van der Waals surface area contributed by atoms with E-state index in [4.69, 9.17) is 4.74 Å². The van der Waals surface area contributed by atoms with Gasteiger partial charge in [0.2, 0.25) is 5.88 Å². The Bertz CT molecular complexity index is 853. The van der Waals surface area contributed by atoms with Crippen LogP contribution >= 0.6 is 0 Å². The largest absolute Gasteiger partial charge is 0.471 e. The number of fused-ring (bicyclic) bond motifs is 1. The summed E-state index contributed by atoms with van der Waals surface area (Å²) in [5.74, 6) is 0.581. The molecule has 1 aliphatic heterocycles. The van der Waals surface area contributed by atoms with E-state index in [0.29, 0.717) is 24.7 Å². The van der Waals surface area contributed by atoms with Gasteiger partial charge in [-0.3, -0.25) is 9.20 Å². The van der Waals surface area contributed by atoms with Gasteiger partial charge in [-0.15, -0.1) is 0 Å². The molecule has 3 aromatic heterocycles. The number of aromatic nitrogens is 3. The predicted molar refractivity (Wildman–Crippen MR) is 84.5 cm³/mol. The average molecular weight is 308 g/mol. The smallest absolute Gasteiger partial charge is 0.273 e. The van der Waals surface area contributed by atoms with Crippen LogP contribution in [-0.2, 0) is 0 Å². The fourth-order valence-electron chi connectivity index (χ4n) is 2.79. The summed E-state index contributed by atoms with van der Waals surface area (Å²) in [6.45, 7) is 2.99. The Balaban J connectivity index is 1.48. The summed E-state index contributed by atoms with van der Waals surface area (Å²) in [5, 5.41) is 0. The number of ether oxygens (including phenoxy) is 1. The summed E-state index contributed by atoms with van der Waals surface area (Å²) in [6.07, 6.45) is 3.55. The molecule has 3 aromatic rings. The Morgan fingerprint density at radius 2 is 2.04 bits per heavy atom. The molecule has 0 saturated carbocycles. The Morgan fingerprint density at radius 1 is 1.22 bits per heavy atom. The summed E-state index contributed by atoms with van der Waals surface area (Å²) in [4.78, 5) is 23.1. The molecule has 4 heterocycles. The molecular weight excluding hydrogens is 292 g/mol. The van der Waals surface area contributed by atoms with Crippen LogP contribution in [0.25, 0.3) is 5.65 Å². The van der Waals surface area contributed by atoms with E-state index >= 15 is 0 Å². The van der Waals surface area contributed by atoms with Crippen molar-refractivity contribution in [3.05, 3.63) is 60.2 Å². The molecule has 0 radical (unpaired) electrons. The van der Waals surface area contributed by atoms with Crippen molar-refractivity contribution >= 4 is 11.6 Å². The van der Waals surface area contributed by atoms with Crippen molar-refractivity contribution < 1.29 is 9.53 Å². The zero-order valence-corrected chi connectivity index (χ0v) is 12.7. The monoisotopic (exact) mass is 308 g/mol. The lowest BCUT2D eigenvalue weighted by molar-refractivity contribution is 0.0154. The van der Waals surface area contributed by atoms with Crippen LogP contribution in [-0.4, -0.2) is 44.4 Å². The molecular formula is C17H16N4O2. The third-order valence-electron chi connectivity index (χ3n) is 3.97. The number of imidazole rings is 1. The van der Waals surface area contributed by atoms with Crippen LogP contribution in [0.5, 0.6) is 5.88 Å². The number of pyridine rings is 2. The zero-order chi connectivity index (χ0) is 15.8. The fourth-order valence-corrected chi connectivity index (χ4v) is 2.79. The Hall–Kier alpha value is -2.89. The third kappa shape index (κ3) is 2.42. The Morgan fingerprint density at radius 3 is 2.83 bits per heavy atom. The Labute approximate surface area is 133 Å². The molecule has 0 aromatic carbocycles. The number of likely N-dealkylation sites (tertiary alicyclic amines) is 1. The molecule has 1 saturated heterocycles. The van der Waals surface area contributed by atoms with Gasteiger partial charge in [0.15, 0.2) is 0 Å². The van der Waals surface area contributed by atoms with E-state index in [1.807, 2.05) is 53.9 Å². The minimum atomic E-state index is -0.0120. The van der Waals surface area contributed by atoms with E-state index in [2.05, 4.69) is 9.97 Å². The highest BCUT2D eigenvalue weighted by Gasteiger charge is 2.35. The summed E-state index contributed by atoms with van der Waals surface area (Å²) >= 11 is 0. The molecule has 6 nitrogen and oxygen atoms in total. The number of carbonyl (C=O) groups excluding carboxylic acids is 1. The highest BCUT2D eigenvalue weighted by Crippen LogP contribution is 2.20. The summed E-state index contributed by atoms with van der Waals surface area (Å²) in [7, 11) is 0. The van der Waals surface area contributed by atoms with Gasteiger partial charge < -0.3 is 9.64 Å². The number of nitrogens with zero attached hydrogens (tertiary/aromatic N) is 4. The van der Waals surface area contributed by atoms with Crippen LogP contribution in [0.2, 0.25) is 0 Å². The number of hydrogen-bond acceptors (Lipinski definition) is 4.